The van der Waals surface area contributed by atoms with Crippen molar-refractivity contribution in [2.45, 2.75) is 66.5 Å². The summed E-state index contributed by atoms with van der Waals surface area (Å²) in [6, 6.07) is 0.272. The van der Waals surface area contributed by atoms with Gasteiger partial charge in [-0.3, -0.25) is 0 Å². The topological polar surface area (TPSA) is 43.2 Å². The fourth-order valence-electron chi connectivity index (χ4n) is 3.18. The van der Waals surface area contributed by atoms with Crippen molar-refractivity contribution in [3.8, 4) is 0 Å². The van der Waals surface area contributed by atoms with E-state index in [1.165, 1.54) is 0 Å². The minimum Gasteiger partial charge on any atom is -0.478 e. The number of rotatable bonds is 6. The van der Waals surface area contributed by atoms with E-state index < -0.39 is 5.41 Å². The third-order valence-corrected chi connectivity index (χ3v) is 5.11. The maximum Gasteiger partial charge on any atom is 0.200 e. The summed E-state index contributed by atoms with van der Waals surface area (Å²) in [6.45, 7) is 22.2. The standard InChI is InChI=1S/C21H34N2O2.Pt/c1-9-11-21(12-10-2,17-22-15(13-24-17)19(3,4)5)18-23-16(14-25-18)20(6,7)8;/h9-10,15-16H,1-2,11-14H2,3-8H3;/t15-,16-;/m1./s1. The van der Waals surface area contributed by atoms with E-state index >= 15 is 0 Å². The summed E-state index contributed by atoms with van der Waals surface area (Å²) in [5.74, 6) is 1.45. The zero-order valence-electron chi connectivity index (χ0n) is 17.1. The number of hydrogen-bond donors (Lipinski definition) is 0. The summed E-state index contributed by atoms with van der Waals surface area (Å²) in [7, 11) is 0. The summed E-state index contributed by atoms with van der Waals surface area (Å²) in [5.41, 5.74) is -0.409. The van der Waals surface area contributed by atoms with E-state index in [1.54, 1.807) is 0 Å². The molecule has 2 rings (SSSR count). The molecule has 0 saturated carbocycles. The first-order chi connectivity index (χ1) is 11.5. The average Bonchev–Trinajstić information content (AvgIpc) is 3.15. The fourth-order valence-corrected chi connectivity index (χ4v) is 3.18. The maximum absolute atomic E-state index is 6.09. The molecule has 0 aromatic rings. The molecular formula is C21H34N2O2Pt. The second-order valence-corrected chi connectivity index (χ2v) is 9.32. The van der Waals surface area contributed by atoms with Crippen LogP contribution in [0.25, 0.3) is 0 Å². The van der Waals surface area contributed by atoms with Crippen LogP contribution >= 0.6 is 0 Å². The Balaban J connectivity index is 0.00000338. The number of allylic oxidation sites excluding steroid dienone is 2. The van der Waals surface area contributed by atoms with Crippen molar-refractivity contribution in [1.29, 1.82) is 0 Å². The number of nitrogens with zero attached hydrogens (tertiary/aromatic N) is 2. The molecule has 0 N–H and O–H groups in total. The second-order valence-electron chi connectivity index (χ2n) is 9.32. The number of hydrogen-bond acceptors (Lipinski definition) is 4. The molecule has 0 aromatic carbocycles. The van der Waals surface area contributed by atoms with E-state index in [0.29, 0.717) is 26.1 Å². The van der Waals surface area contributed by atoms with Gasteiger partial charge in [-0.1, -0.05) is 53.7 Å². The van der Waals surface area contributed by atoms with E-state index in [0.717, 1.165) is 11.8 Å². The predicted octanol–water partition coefficient (Wildman–Crippen LogP) is 4.81. The van der Waals surface area contributed by atoms with Crippen LogP contribution in [0.3, 0.4) is 0 Å². The second kappa shape index (κ2) is 8.42. The van der Waals surface area contributed by atoms with Crippen molar-refractivity contribution >= 4 is 11.8 Å². The first-order valence-corrected chi connectivity index (χ1v) is 9.18. The first kappa shape index (κ1) is 23.1. The van der Waals surface area contributed by atoms with Crippen molar-refractivity contribution in [1.82, 2.24) is 0 Å². The zero-order chi connectivity index (χ0) is 18.9. The summed E-state index contributed by atoms with van der Waals surface area (Å²) in [6.07, 6.45) is 5.14. The van der Waals surface area contributed by atoms with Gasteiger partial charge in [0.15, 0.2) is 11.8 Å². The molecule has 0 amide bonds. The van der Waals surface area contributed by atoms with Crippen LogP contribution in [0.5, 0.6) is 0 Å². The molecule has 0 unspecified atom stereocenters. The Bertz CT molecular complexity index is 530. The Morgan fingerprint density at radius 3 is 1.42 bits per heavy atom. The molecule has 0 aliphatic carbocycles. The van der Waals surface area contributed by atoms with E-state index in [1.807, 2.05) is 12.2 Å². The predicted molar refractivity (Wildman–Crippen MR) is 105 cm³/mol. The number of aliphatic imine (C=N–C) groups is 2. The van der Waals surface area contributed by atoms with Gasteiger partial charge >= 0.3 is 0 Å². The van der Waals surface area contributed by atoms with Crippen molar-refractivity contribution in [3.63, 3.8) is 0 Å². The summed E-state index contributed by atoms with van der Waals surface area (Å²) in [4.78, 5) is 9.88. The zero-order valence-corrected chi connectivity index (χ0v) is 19.4. The number of ether oxygens (including phenoxy) is 2. The van der Waals surface area contributed by atoms with E-state index in [9.17, 15) is 0 Å². The van der Waals surface area contributed by atoms with Gasteiger partial charge in [-0.2, -0.15) is 0 Å². The molecule has 0 radical (unpaired) electrons. The molecule has 150 valence electrons. The quantitative estimate of drug-likeness (QED) is 0.453. The van der Waals surface area contributed by atoms with Gasteiger partial charge in [0.1, 0.15) is 18.6 Å². The van der Waals surface area contributed by atoms with Crippen LogP contribution in [0.15, 0.2) is 35.3 Å². The molecule has 26 heavy (non-hydrogen) atoms. The van der Waals surface area contributed by atoms with Crippen molar-refractivity contribution < 1.29 is 30.5 Å². The summed E-state index contributed by atoms with van der Waals surface area (Å²) in [5, 5.41) is 0. The largest absolute Gasteiger partial charge is 0.478 e. The van der Waals surface area contributed by atoms with Crippen LogP contribution in [-0.4, -0.2) is 37.1 Å². The van der Waals surface area contributed by atoms with Gasteiger partial charge < -0.3 is 9.47 Å². The van der Waals surface area contributed by atoms with Gasteiger partial charge in [0.2, 0.25) is 0 Å². The van der Waals surface area contributed by atoms with E-state index in [-0.39, 0.29) is 44.0 Å². The van der Waals surface area contributed by atoms with Crippen molar-refractivity contribution in [2.75, 3.05) is 13.2 Å². The van der Waals surface area contributed by atoms with Crippen molar-refractivity contribution in [3.05, 3.63) is 25.3 Å². The molecule has 2 atom stereocenters. The normalized spacial score (nSPS) is 23.3. The van der Waals surface area contributed by atoms with Gasteiger partial charge in [0.25, 0.3) is 0 Å². The molecule has 0 bridgehead atoms. The monoisotopic (exact) mass is 541 g/mol. The maximum atomic E-state index is 6.09. The molecule has 5 heteroatoms. The third-order valence-electron chi connectivity index (χ3n) is 5.11. The Hall–Kier alpha value is -0.892. The van der Waals surface area contributed by atoms with Crippen LogP contribution in [0.1, 0.15) is 54.4 Å². The molecule has 4 nitrogen and oxygen atoms in total. The SMILES string of the molecule is C=CCC(CC=C)(C1=N[C@@H](C(C)(C)C)CO1)C1=N[C@@H](C(C)(C)C)CO1.[Pt]. The first-order valence-electron chi connectivity index (χ1n) is 9.18. The van der Waals surface area contributed by atoms with Gasteiger partial charge in [-0.05, 0) is 23.7 Å². The molecule has 2 heterocycles. The van der Waals surface area contributed by atoms with E-state index in [2.05, 4.69) is 54.7 Å². The van der Waals surface area contributed by atoms with Gasteiger partial charge in [-0.25, -0.2) is 9.98 Å². The Morgan fingerprint density at radius 2 is 1.19 bits per heavy atom. The molecular weight excluding hydrogens is 507 g/mol. The molecule has 0 fully saturated rings. The Labute approximate surface area is 173 Å². The smallest absolute Gasteiger partial charge is 0.200 e. The van der Waals surface area contributed by atoms with Crippen LogP contribution in [0.2, 0.25) is 0 Å². The fraction of sp³-hybridized carbons (Fsp3) is 0.714. The summed E-state index contributed by atoms with van der Waals surface area (Å²) < 4.78 is 12.2. The van der Waals surface area contributed by atoms with Gasteiger partial charge in [0.05, 0.1) is 12.1 Å². The molecule has 2 aliphatic rings. The molecule has 0 aromatic heterocycles. The molecule has 0 saturated heterocycles. The van der Waals surface area contributed by atoms with Crippen LogP contribution in [-0.2, 0) is 30.5 Å². The Morgan fingerprint density at radius 1 is 0.846 bits per heavy atom. The average molecular weight is 542 g/mol. The van der Waals surface area contributed by atoms with Gasteiger partial charge in [-0.15, -0.1) is 13.2 Å². The molecule has 2 aliphatic heterocycles. The third kappa shape index (κ3) is 4.68. The van der Waals surface area contributed by atoms with Crippen LogP contribution in [0, 0.1) is 16.2 Å². The minimum absolute atomic E-state index is 0. The molecule has 0 spiro atoms. The van der Waals surface area contributed by atoms with Crippen molar-refractivity contribution in [2.24, 2.45) is 26.2 Å². The van der Waals surface area contributed by atoms with E-state index in [4.69, 9.17) is 19.5 Å². The van der Waals surface area contributed by atoms with Crippen LogP contribution < -0.4 is 0 Å². The minimum atomic E-state index is -0.524. The Kier molecular flexibility index (Phi) is 7.49. The summed E-state index contributed by atoms with van der Waals surface area (Å²) >= 11 is 0. The van der Waals surface area contributed by atoms with Crippen LogP contribution in [0.4, 0.5) is 0 Å². The van der Waals surface area contributed by atoms with Gasteiger partial charge in [0, 0.05) is 21.1 Å².